The standard InChI is InChI=1S/C15H16BrN3O2/c1-10-7-14(18-9-13(10)16)19-15(20)5-6-21-12-4-2-3-11(17)8-12/h2-4,7-9H,5-6,17H2,1H3,(H,18,19,20). The first-order valence-corrected chi connectivity index (χ1v) is 7.24. The van der Waals surface area contributed by atoms with Crippen LogP contribution in [0.25, 0.3) is 0 Å². The largest absolute Gasteiger partial charge is 0.493 e. The normalized spacial score (nSPS) is 10.2. The minimum atomic E-state index is -0.145. The van der Waals surface area contributed by atoms with Crippen LogP contribution in [0, 0.1) is 6.92 Å². The van der Waals surface area contributed by atoms with Crippen molar-refractivity contribution in [3.63, 3.8) is 0 Å². The average molecular weight is 350 g/mol. The van der Waals surface area contributed by atoms with Crippen LogP contribution in [-0.2, 0) is 4.79 Å². The van der Waals surface area contributed by atoms with E-state index in [-0.39, 0.29) is 18.9 Å². The predicted molar refractivity (Wildman–Crippen MR) is 86.3 cm³/mol. The Morgan fingerprint density at radius 1 is 1.43 bits per heavy atom. The molecule has 0 atom stereocenters. The van der Waals surface area contributed by atoms with E-state index in [0.29, 0.717) is 17.3 Å². The fraction of sp³-hybridized carbons (Fsp3) is 0.200. The molecule has 110 valence electrons. The van der Waals surface area contributed by atoms with Crippen molar-refractivity contribution in [3.8, 4) is 5.75 Å². The Morgan fingerprint density at radius 2 is 2.24 bits per heavy atom. The second-order valence-electron chi connectivity index (χ2n) is 4.54. The van der Waals surface area contributed by atoms with Gasteiger partial charge < -0.3 is 15.8 Å². The number of hydrogen-bond donors (Lipinski definition) is 2. The Kier molecular flexibility index (Phi) is 5.16. The number of nitrogens with one attached hydrogen (secondary N) is 1. The number of pyridine rings is 1. The van der Waals surface area contributed by atoms with Gasteiger partial charge in [-0.25, -0.2) is 4.98 Å². The minimum absolute atomic E-state index is 0.145. The number of anilines is 2. The summed E-state index contributed by atoms with van der Waals surface area (Å²) in [4.78, 5) is 15.9. The number of carbonyl (C=O) groups excluding carboxylic acids is 1. The molecule has 0 fully saturated rings. The molecule has 1 aromatic carbocycles. The van der Waals surface area contributed by atoms with E-state index in [4.69, 9.17) is 10.5 Å². The zero-order chi connectivity index (χ0) is 15.2. The van der Waals surface area contributed by atoms with Crippen LogP contribution in [-0.4, -0.2) is 17.5 Å². The van der Waals surface area contributed by atoms with Crippen LogP contribution in [0.2, 0.25) is 0 Å². The molecule has 3 N–H and O–H groups in total. The van der Waals surface area contributed by atoms with E-state index in [1.807, 2.05) is 6.92 Å². The van der Waals surface area contributed by atoms with Crippen molar-refractivity contribution in [1.29, 1.82) is 0 Å². The molecule has 2 rings (SSSR count). The molecule has 0 aliphatic carbocycles. The number of hydrogen-bond acceptors (Lipinski definition) is 4. The molecule has 0 unspecified atom stereocenters. The smallest absolute Gasteiger partial charge is 0.228 e. The number of nitrogens with two attached hydrogens (primary N) is 1. The van der Waals surface area contributed by atoms with E-state index in [9.17, 15) is 4.79 Å². The molecule has 0 aliphatic rings. The van der Waals surface area contributed by atoms with Crippen LogP contribution in [0.5, 0.6) is 5.75 Å². The third kappa shape index (κ3) is 4.75. The highest BCUT2D eigenvalue weighted by molar-refractivity contribution is 9.10. The molecule has 5 nitrogen and oxygen atoms in total. The molecule has 0 radical (unpaired) electrons. The van der Waals surface area contributed by atoms with Gasteiger partial charge in [0.15, 0.2) is 0 Å². The maximum atomic E-state index is 11.8. The van der Waals surface area contributed by atoms with Crippen LogP contribution in [0.15, 0.2) is 41.0 Å². The highest BCUT2D eigenvalue weighted by Crippen LogP contribution is 2.17. The third-order valence-corrected chi connectivity index (χ3v) is 3.60. The number of amides is 1. The highest BCUT2D eigenvalue weighted by Gasteiger charge is 2.05. The van der Waals surface area contributed by atoms with Crippen molar-refractivity contribution in [2.45, 2.75) is 13.3 Å². The molecule has 0 saturated heterocycles. The van der Waals surface area contributed by atoms with Gasteiger partial charge in [-0.1, -0.05) is 6.07 Å². The summed E-state index contributed by atoms with van der Waals surface area (Å²) >= 11 is 3.36. The molecule has 21 heavy (non-hydrogen) atoms. The fourth-order valence-electron chi connectivity index (χ4n) is 1.68. The summed E-state index contributed by atoms with van der Waals surface area (Å²) in [5.41, 5.74) is 7.29. The summed E-state index contributed by atoms with van der Waals surface area (Å²) in [5.74, 6) is 1.04. The topological polar surface area (TPSA) is 77.2 Å². The Bertz CT molecular complexity index is 647. The minimum Gasteiger partial charge on any atom is -0.493 e. The fourth-order valence-corrected chi connectivity index (χ4v) is 1.90. The van der Waals surface area contributed by atoms with E-state index < -0.39 is 0 Å². The zero-order valence-corrected chi connectivity index (χ0v) is 13.2. The quantitative estimate of drug-likeness (QED) is 0.813. The number of nitrogen functional groups attached to an aromatic ring is 1. The molecular formula is C15H16BrN3O2. The predicted octanol–water partition coefficient (Wildman–Crippen LogP) is 3.14. The molecule has 1 amide bonds. The molecule has 0 spiro atoms. The second-order valence-corrected chi connectivity index (χ2v) is 5.39. The number of halogens is 1. The van der Waals surface area contributed by atoms with Gasteiger partial charge in [0.2, 0.25) is 5.91 Å². The van der Waals surface area contributed by atoms with Crippen LogP contribution in [0.4, 0.5) is 11.5 Å². The van der Waals surface area contributed by atoms with Crippen LogP contribution < -0.4 is 15.8 Å². The van der Waals surface area contributed by atoms with Gasteiger partial charge in [-0.05, 0) is 46.6 Å². The van der Waals surface area contributed by atoms with Gasteiger partial charge in [0.25, 0.3) is 0 Å². The number of aryl methyl sites for hydroxylation is 1. The Labute approximate surface area is 131 Å². The summed E-state index contributed by atoms with van der Waals surface area (Å²) in [7, 11) is 0. The first-order chi connectivity index (χ1) is 10.0. The van der Waals surface area contributed by atoms with Crippen molar-refractivity contribution < 1.29 is 9.53 Å². The highest BCUT2D eigenvalue weighted by atomic mass is 79.9. The molecule has 2 aromatic rings. The SMILES string of the molecule is Cc1cc(NC(=O)CCOc2cccc(N)c2)ncc1Br. The first kappa shape index (κ1) is 15.3. The molecule has 1 heterocycles. The molecular weight excluding hydrogens is 334 g/mol. The monoisotopic (exact) mass is 349 g/mol. The number of aromatic nitrogens is 1. The van der Waals surface area contributed by atoms with Gasteiger partial charge in [0, 0.05) is 22.4 Å². The average Bonchev–Trinajstić information content (AvgIpc) is 2.43. The van der Waals surface area contributed by atoms with Crippen molar-refractivity contribution in [2.75, 3.05) is 17.7 Å². The summed E-state index contributed by atoms with van der Waals surface area (Å²) in [6, 6.07) is 8.91. The van der Waals surface area contributed by atoms with Crippen molar-refractivity contribution in [1.82, 2.24) is 4.98 Å². The van der Waals surface area contributed by atoms with Gasteiger partial charge in [-0.3, -0.25) is 4.79 Å². The number of benzene rings is 1. The lowest BCUT2D eigenvalue weighted by Gasteiger charge is -2.08. The summed E-state index contributed by atoms with van der Waals surface area (Å²) in [5, 5.41) is 2.73. The van der Waals surface area contributed by atoms with Crippen LogP contribution >= 0.6 is 15.9 Å². The van der Waals surface area contributed by atoms with E-state index in [0.717, 1.165) is 10.0 Å². The van der Waals surface area contributed by atoms with E-state index in [1.165, 1.54) is 0 Å². The molecule has 0 bridgehead atoms. The molecule has 6 heteroatoms. The third-order valence-electron chi connectivity index (χ3n) is 2.77. The Morgan fingerprint density at radius 3 is 2.95 bits per heavy atom. The van der Waals surface area contributed by atoms with Gasteiger partial charge in [-0.15, -0.1) is 0 Å². The molecule has 1 aromatic heterocycles. The Hall–Kier alpha value is -2.08. The lowest BCUT2D eigenvalue weighted by atomic mass is 10.3. The maximum absolute atomic E-state index is 11.8. The van der Waals surface area contributed by atoms with E-state index in [2.05, 4.69) is 26.2 Å². The summed E-state index contributed by atoms with van der Waals surface area (Å²) in [6.07, 6.45) is 1.90. The van der Waals surface area contributed by atoms with E-state index in [1.54, 1.807) is 36.5 Å². The molecule has 0 saturated carbocycles. The van der Waals surface area contributed by atoms with Crippen LogP contribution in [0.1, 0.15) is 12.0 Å². The van der Waals surface area contributed by atoms with Crippen molar-refractivity contribution >= 4 is 33.3 Å². The van der Waals surface area contributed by atoms with Crippen LogP contribution in [0.3, 0.4) is 0 Å². The second kappa shape index (κ2) is 7.08. The van der Waals surface area contributed by atoms with Crippen molar-refractivity contribution in [2.24, 2.45) is 0 Å². The first-order valence-electron chi connectivity index (χ1n) is 6.45. The number of rotatable bonds is 5. The van der Waals surface area contributed by atoms with E-state index >= 15 is 0 Å². The lowest BCUT2D eigenvalue weighted by molar-refractivity contribution is -0.116. The Balaban J connectivity index is 1.81. The number of carbonyl (C=O) groups is 1. The number of ether oxygens (including phenoxy) is 1. The van der Waals surface area contributed by atoms with Crippen molar-refractivity contribution in [3.05, 3.63) is 46.6 Å². The van der Waals surface area contributed by atoms with Gasteiger partial charge in [-0.2, -0.15) is 0 Å². The van der Waals surface area contributed by atoms with Gasteiger partial charge in [0.05, 0.1) is 13.0 Å². The zero-order valence-electron chi connectivity index (χ0n) is 11.6. The summed E-state index contributed by atoms with van der Waals surface area (Å²) < 4.78 is 6.38. The number of nitrogens with zero attached hydrogens (tertiary/aromatic N) is 1. The van der Waals surface area contributed by atoms with Gasteiger partial charge >= 0.3 is 0 Å². The maximum Gasteiger partial charge on any atom is 0.228 e. The lowest BCUT2D eigenvalue weighted by Crippen LogP contribution is -2.16. The van der Waals surface area contributed by atoms with Gasteiger partial charge in [0.1, 0.15) is 11.6 Å². The molecule has 0 aliphatic heterocycles. The summed E-state index contributed by atoms with van der Waals surface area (Å²) in [6.45, 7) is 2.22.